The smallest absolute Gasteiger partial charge is 0.299 e. The Balaban J connectivity index is 2.00. The van der Waals surface area contributed by atoms with Gasteiger partial charge in [-0.15, -0.1) is 0 Å². The Bertz CT molecular complexity index is 1010. The molecule has 0 aliphatic carbocycles. The van der Waals surface area contributed by atoms with Crippen molar-refractivity contribution in [3.8, 4) is 11.4 Å². The van der Waals surface area contributed by atoms with E-state index in [1.54, 1.807) is 0 Å². The molecule has 9 heteroatoms. The van der Waals surface area contributed by atoms with Gasteiger partial charge in [0, 0.05) is 18.9 Å². The van der Waals surface area contributed by atoms with Crippen molar-refractivity contribution < 1.29 is 17.6 Å². The Morgan fingerprint density at radius 1 is 1.07 bits per heavy atom. The lowest BCUT2D eigenvalue weighted by Gasteiger charge is -2.09. The molecule has 0 radical (unpaired) electrons. The van der Waals surface area contributed by atoms with Crippen LogP contribution in [0.15, 0.2) is 35.6 Å². The standard InChI is InChI=1S/C18H16F4N4O/c1-2-3-4-5-26-10-25-15-7-12(14(19)6-13(15)17(26)27)16-23-8-11(9-24-16)18(20,21)22/h6-10H,2-5H2,1H3. The number of aryl methyl sites for hydroxylation is 1. The van der Waals surface area contributed by atoms with E-state index >= 15 is 0 Å². The average Bonchev–Trinajstić information content (AvgIpc) is 2.63. The topological polar surface area (TPSA) is 60.7 Å². The van der Waals surface area contributed by atoms with E-state index < -0.39 is 17.6 Å². The summed E-state index contributed by atoms with van der Waals surface area (Å²) in [6, 6.07) is 2.29. The maximum atomic E-state index is 14.5. The second-order valence-electron chi connectivity index (χ2n) is 6.09. The molecule has 3 rings (SSSR count). The number of aromatic nitrogens is 4. The number of nitrogens with zero attached hydrogens (tertiary/aromatic N) is 4. The van der Waals surface area contributed by atoms with Crippen LogP contribution in [0.2, 0.25) is 0 Å². The van der Waals surface area contributed by atoms with Crippen LogP contribution in [0.3, 0.4) is 0 Å². The monoisotopic (exact) mass is 380 g/mol. The molecule has 3 aromatic rings. The highest BCUT2D eigenvalue weighted by atomic mass is 19.4. The first-order valence-electron chi connectivity index (χ1n) is 8.39. The van der Waals surface area contributed by atoms with E-state index in [9.17, 15) is 22.4 Å². The van der Waals surface area contributed by atoms with E-state index in [2.05, 4.69) is 15.0 Å². The number of hydrogen-bond donors (Lipinski definition) is 0. The van der Waals surface area contributed by atoms with E-state index in [0.29, 0.717) is 18.9 Å². The highest BCUT2D eigenvalue weighted by Gasteiger charge is 2.31. The van der Waals surface area contributed by atoms with Gasteiger partial charge in [-0.3, -0.25) is 9.36 Å². The van der Waals surface area contributed by atoms with Gasteiger partial charge < -0.3 is 0 Å². The van der Waals surface area contributed by atoms with Crippen molar-refractivity contribution in [2.45, 2.75) is 38.9 Å². The van der Waals surface area contributed by atoms with Crippen molar-refractivity contribution in [1.29, 1.82) is 0 Å². The molecule has 0 bridgehead atoms. The lowest BCUT2D eigenvalue weighted by molar-refractivity contribution is -0.138. The van der Waals surface area contributed by atoms with Crippen LogP contribution < -0.4 is 5.56 Å². The van der Waals surface area contributed by atoms with Crippen LogP contribution in [0, 0.1) is 5.82 Å². The van der Waals surface area contributed by atoms with Gasteiger partial charge in [0.25, 0.3) is 5.56 Å². The molecule has 5 nitrogen and oxygen atoms in total. The number of unbranched alkanes of at least 4 members (excludes halogenated alkanes) is 2. The Labute approximate surface area is 151 Å². The fourth-order valence-electron chi connectivity index (χ4n) is 2.66. The zero-order valence-electron chi connectivity index (χ0n) is 14.4. The van der Waals surface area contributed by atoms with Crippen LogP contribution >= 0.6 is 0 Å². The highest BCUT2D eigenvalue weighted by Crippen LogP contribution is 2.29. The van der Waals surface area contributed by atoms with Crippen LogP contribution in [-0.2, 0) is 12.7 Å². The molecular weight excluding hydrogens is 364 g/mol. The first-order valence-corrected chi connectivity index (χ1v) is 8.39. The second-order valence-corrected chi connectivity index (χ2v) is 6.09. The van der Waals surface area contributed by atoms with Gasteiger partial charge >= 0.3 is 6.18 Å². The van der Waals surface area contributed by atoms with Crippen LogP contribution in [0.1, 0.15) is 31.7 Å². The van der Waals surface area contributed by atoms with Gasteiger partial charge in [0.15, 0.2) is 5.82 Å². The van der Waals surface area contributed by atoms with E-state index in [0.717, 1.165) is 25.3 Å². The first-order chi connectivity index (χ1) is 12.8. The summed E-state index contributed by atoms with van der Waals surface area (Å²) in [6.07, 6.45) is 0.754. The first kappa shape index (κ1) is 18.9. The van der Waals surface area contributed by atoms with E-state index in [4.69, 9.17) is 0 Å². The number of fused-ring (bicyclic) bond motifs is 1. The molecule has 2 heterocycles. The summed E-state index contributed by atoms with van der Waals surface area (Å²) in [7, 11) is 0. The number of alkyl halides is 3. The summed E-state index contributed by atoms with van der Waals surface area (Å²) in [5.41, 5.74) is -1.28. The summed E-state index contributed by atoms with van der Waals surface area (Å²) in [5, 5.41) is 0.0992. The molecule has 0 amide bonds. The summed E-state index contributed by atoms with van der Waals surface area (Å²) >= 11 is 0. The minimum atomic E-state index is -4.58. The zero-order chi connectivity index (χ0) is 19.6. The summed E-state index contributed by atoms with van der Waals surface area (Å²) < 4.78 is 53.7. The molecule has 0 saturated heterocycles. The zero-order valence-corrected chi connectivity index (χ0v) is 14.4. The largest absolute Gasteiger partial charge is 0.419 e. The van der Waals surface area contributed by atoms with Gasteiger partial charge in [0.05, 0.1) is 28.4 Å². The van der Waals surface area contributed by atoms with Crippen molar-refractivity contribution in [3.63, 3.8) is 0 Å². The fraction of sp³-hybridized carbons (Fsp3) is 0.333. The lowest BCUT2D eigenvalue weighted by Crippen LogP contribution is -2.21. The molecule has 0 atom stereocenters. The minimum Gasteiger partial charge on any atom is -0.299 e. The Hall–Kier alpha value is -2.84. The van der Waals surface area contributed by atoms with Crippen molar-refractivity contribution in [2.75, 3.05) is 0 Å². The molecule has 0 aliphatic rings. The molecule has 0 unspecified atom stereocenters. The van der Waals surface area contributed by atoms with E-state index in [1.807, 2.05) is 6.92 Å². The van der Waals surface area contributed by atoms with Gasteiger partial charge in [-0.25, -0.2) is 19.3 Å². The highest BCUT2D eigenvalue weighted by molar-refractivity contribution is 5.82. The SMILES string of the molecule is CCCCCn1cnc2cc(-c3ncc(C(F)(F)F)cn3)c(F)cc2c1=O. The summed E-state index contributed by atoms with van der Waals surface area (Å²) in [4.78, 5) is 23.8. The Kier molecular flexibility index (Phi) is 5.20. The van der Waals surface area contributed by atoms with Crippen molar-refractivity contribution >= 4 is 10.9 Å². The third kappa shape index (κ3) is 3.96. The van der Waals surface area contributed by atoms with E-state index in [-0.39, 0.29) is 27.9 Å². The van der Waals surface area contributed by atoms with Crippen LogP contribution in [-0.4, -0.2) is 19.5 Å². The molecule has 0 saturated carbocycles. The van der Waals surface area contributed by atoms with Gasteiger partial charge in [0.2, 0.25) is 0 Å². The van der Waals surface area contributed by atoms with Crippen molar-refractivity contribution in [2.24, 2.45) is 0 Å². The number of halogens is 4. The number of benzene rings is 1. The van der Waals surface area contributed by atoms with Crippen LogP contribution in [0.4, 0.5) is 17.6 Å². The van der Waals surface area contributed by atoms with Crippen LogP contribution in [0.5, 0.6) is 0 Å². The fourth-order valence-corrected chi connectivity index (χ4v) is 2.66. The van der Waals surface area contributed by atoms with Crippen molar-refractivity contribution in [1.82, 2.24) is 19.5 Å². The predicted octanol–water partition coefficient (Wildman–Crippen LogP) is 4.20. The average molecular weight is 380 g/mol. The molecule has 0 N–H and O–H groups in total. The molecular formula is C18H16F4N4O. The maximum absolute atomic E-state index is 14.5. The molecule has 0 aliphatic heterocycles. The normalized spacial score (nSPS) is 11.9. The molecule has 0 spiro atoms. The third-order valence-electron chi connectivity index (χ3n) is 4.14. The number of rotatable bonds is 5. The number of hydrogen-bond acceptors (Lipinski definition) is 4. The molecule has 0 fully saturated rings. The maximum Gasteiger partial charge on any atom is 0.419 e. The van der Waals surface area contributed by atoms with Crippen LogP contribution in [0.25, 0.3) is 22.3 Å². The van der Waals surface area contributed by atoms with Gasteiger partial charge in [-0.05, 0) is 18.6 Å². The quantitative estimate of drug-likeness (QED) is 0.492. The molecule has 142 valence electrons. The van der Waals surface area contributed by atoms with Gasteiger partial charge in [-0.1, -0.05) is 19.8 Å². The van der Waals surface area contributed by atoms with E-state index in [1.165, 1.54) is 17.0 Å². The molecule has 27 heavy (non-hydrogen) atoms. The minimum absolute atomic E-state index is 0.0992. The molecule has 1 aromatic carbocycles. The lowest BCUT2D eigenvalue weighted by atomic mass is 10.1. The van der Waals surface area contributed by atoms with Gasteiger partial charge in [-0.2, -0.15) is 13.2 Å². The predicted molar refractivity (Wildman–Crippen MR) is 91.5 cm³/mol. The summed E-state index contributed by atoms with van der Waals surface area (Å²) in [5.74, 6) is -1.01. The summed E-state index contributed by atoms with van der Waals surface area (Å²) in [6.45, 7) is 2.53. The Morgan fingerprint density at radius 3 is 2.41 bits per heavy atom. The third-order valence-corrected chi connectivity index (χ3v) is 4.14. The van der Waals surface area contributed by atoms with Gasteiger partial charge in [0.1, 0.15) is 5.82 Å². The van der Waals surface area contributed by atoms with Crippen molar-refractivity contribution in [3.05, 3.63) is 52.6 Å². The second kappa shape index (κ2) is 7.42. The molecule has 2 aromatic heterocycles. The Morgan fingerprint density at radius 2 is 1.78 bits per heavy atom.